The van der Waals surface area contributed by atoms with Crippen molar-refractivity contribution in [1.82, 2.24) is 0 Å². The molecule has 2 aromatic carbocycles. The van der Waals surface area contributed by atoms with Gasteiger partial charge in [0.25, 0.3) is 0 Å². The van der Waals surface area contributed by atoms with Crippen LogP contribution in [0.2, 0.25) is 0 Å². The van der Waals surface area contributed by atoms with Crippen molar-refractivity contribution in [3.05, 3.63) is 48.0 Å². The Bertz CT molecular complexity index is 715. The zero-order chi connectivity index (χ0) is 14.1. The SMILES string of the molecule is C[C@@]12[C@H]3CC[C@@H]1C[N@+]2(Cc1cccc2ccccc12)CC3. The number of hydrogen-bond acceptors (Lipinski definition) is 0. The minimum absolute atomic E-state index is 0.608. The van der Waals surface area contributed by atoms with E-state index >= 15 is 0 Å². The lowest BCUT2D eigenvalue weighted by Crippen LogP contribution is -2.74. The molecule has 0 spiro atoms. The summed E-state index contributed by atoms with van der Waals surface area (Å²) in [4.78, 5) is 0. The van der Waals surface area contributed by atoms with Gasteiger partial charge in [0.05, 0.1) is 19.0 Å². The van der Waals surface area contributed by atoms with Crippen molar-refractivity contribution in [3.8, 4) is 0 Å². The Kier molecular flexibility index (Phi) is 2.27. The maximum absolute atomic E-state index is 2.61. The van der Waals surface area contributed by atoms with E-state index in [0.717, 1.165) is 11.8 Å². The van der Waals surface area contributed by atoms with Crippen molar-refractivity contribution >= 4 is 10.8 Å². The summed E-state index contributed by atoms with van der Waals surface area (Å²) in [6, 6.07) is 15.8. The van der Waals surface area contributed by atoms with Gasteiger partial charge in [0.15, 0.2) is 0 Å². The summed E-state index contributed by atoms with van der Waals surface area (Å²) in [7, 11) is 0. The number of fused-ring (bicyclic) bond motifs is 1. The van der Waals surface area contributed by atoms with Gasteiger partial charge in [-0.25, -0.2) is 0 Å². The molecule has 5 rings (SSSR count). The van der Waals surface area contributed by atoms with Gasteiger partial charge >= 0.3 is 0 Å². The fourth-order valence-corrected chi connectivity index (χ4v) is 6.12. The second kappa shape index (κ2) is 3.89. The summed E-state index contributed by atoms with van der Waals surface area (Å²) in [5.41, 5.74) is 2.18. The van der Waals surface area contributed by atoms with Crippen molar-refractivity contribution in [3.63, 3.8) is 0 Å². The van der Waals surface area contributed by atoms with Crippen LogP contribution in [-0.4, -0.2) is 23.1 Å². The third-order valence-electron chi connectivity index (χ3n) is 7.37. The van der Waals surface area contributed by atoms with Crippen LogP contribution in [0.3, 0.4) is 0 Å². The first-order valence-electron chi connectivity index (χ1n) is 8.56. The molecule has 0 amide bonds. The second-order valence-corrected chi connectivity index (χ2v) is 7.83. The van der Waals surface area contributed by atoms with Gasteiger partial charge in [-0.2, -0.15) is 0 Å². The van der Waals surface area contributed by atoms with Gasteiger partial charge in [-0.3, -0.25) is 0 Å². The lowest BCUT2D eigenvalue weighted by molar-refractivity contribution is -1.02. The van der Waals surface area contributed by atoms with Crippen LogP contribution >= 0.6 is 0 Å². The lowest BCUT2D eigenvalue weighted by Gasteiger charge is -2.60. The van der Waals surface area contributed by atoms with Gasteiger partial charge in [0, 0.05) is 17.9 Å². The molecule has 3 fully saturated rings. The molecule has 0 N–H and O–H groups in total. The molecule has 0 unspecified atom stereocenters. The van der Waals surface area contributed by atoms with E-state index in [9.17, 15) is 0 Å². The molecular weight excluding hydrogens is 254 g/mol. The Balaban J connectivity index is 1.58. The average molecular weight is 278 g/mol. The van der Waals surface area contributed by atoms with E-state index in [1.54, 1.807) is 5.56 Å². The zero-order valence-electron chi connectivity index (χ0n) is 12.9. The maximum atomic E-state index is 2.61. The number of hydrogen-bond donors (Lipinski definition) is 0. The largest absolute Gasteiger partial charge is 0.314 e. The number of quaternary nitrogens is 1. The Morgan fingerprint density at radius 1 is 1.00 bits per heavy atom. The normalized spacial score (nSPS) is 40.2. The van der Waals surface area contributed by atoms with Crippen LogP contribution in [0.15, 0.2) is 42.5 Å². The van der Waals surface area contributed by atoms with Crippen LogP contribution < -0.4 is 0 Å². The van der Waals surface area contributed by atoms with Crippen molar-refractivity contribution in [2.24, 2.45) is 11.8 Å². The highest BCUT2D eigenvalue weighted by Gasteiger charge is 2.72. The van der Waals surface area contributed by atoms with E-state index in [1.807, 2.05) is 0 Å². The zero-order valence-corrected chi connectivity index (χ0v) is 12.9. The molecule has 0 radical (unpaired) electrons. The van der Waals surface area contributed by atoms with Gasteiger partial charge in [-0.05, 0) is 30.5 Å². The monoisotopic (exact) mass is 278 g/mol. The van der Waals surface area contributed by atoms with Crippen molar-refractivity contribution in [2.75, 3.05) is 13.1 Å². The van der Waals surface area contributed by atoms with Crippen molar-refractivity contribution in [2.45, 2.75) is 38.3 Å². The molecule has 0 bridgehead atoms. The fraction of sp³-hybridized carbons (Fsp3) is 0.500. The fourth-order valence-electron chi connectivity index (χ4n) is 6.12. The minimum atomic E-state index is 0.608. The molecule has 108 valence electrons. The first-order valence-corrected chi connectivity index (χ1v) is 8.56. The van der Waals surface area contributed by atoms with Crippen LogP contribution in [0, 0.1) is 11.8 Å². The Morgan fingerprint density at radius 3 is 2.76 bits per heavy atom. The number of nitrogens with zero attached hydrogens (tertiary/aromatic N) is 1. The molecule has 21 heavy (non-hydrogen) atoms. The summed E-state index contributed by atoms with van der Waals surface area (Å²) in [6.45, 7) is 6.72. The average Bonchev–Trinajstić information content (AvgIpc) is 2.86. The predicted octanol–water partition coefficient (Wildman–Crippen LogP) is 4.36. The molecule has 1 nitrogen and oxygen atoms in total. The van der Waals surface area contributed by atoms with E-state index in [4.69, 9.17) is 0 Å². The van der Waals surface area contributed by atoms with E-state index in [1.165, 1.54) is 54.2 Å². The molecule has 2 aromatic rings. The maximum Gasteiger partial charge on any atom is 0.108 e. The number of benzene rings is 2. The first kappa shape index (κ1) is 12.2. The van der Waals surface area contributed by atoms with Crippen LogP contribution in [0.1, 0.15) is 31.7 Å². The van der Waals surface area contributed by atoms with E-state index in [0.29, 0.717) is 5.54 Å². The predicted molar refractivity (Wildman–Crippen MR) is 86.9 cm³/mol. The molecule has 3 aliphatic rings. The minimum Gasteiger partial charge on any atom is -0.314 e. The standard InChI is InChI=1S/C20H24N/c1-20-17-9-10-18(20)14-21(20,12-11-17)13-16-7-4-6-15-5-2-3-8-19(15)16/h2-8,17-18H,9-14H2,1H3/q+1/t17-,18+,20+,21+/m0/s1. The summed E-state index contributed by atoms with van der Waals surface area (Å²) in [5.74, 6) is 2.02. The molecular formula is C20H24N+. The molecule has 1 heteroatoms. The highest BCUT2D eigenvalue weighted by molar-refractivity contribution is 5.85. The smallest absolute Gasteiger partial charge is 0.108 e. The third-order valence-corrected chi connectivity index (χ3v) is 7.37. The molecule has 2 saturated heterocycles. The van der Waals surface area contributed by atoms with Gasteiger partial charge < -0.3 is 4.48 Å². The highest BCUT2D eigenvalue weighted by atomic mass is 15.5. The third kappa shape index (κ3) is 1.36. The Morgan fingerprint density at radius 2 is 1.81 bits per heavy atom. The van der Waals surface area contributed by atoms with Gasteiger partial charge in [-0.1, -0.05) is 42.5 Å². The van der Waals surface area contributed by atoms with Gasteiger partial charge in [-0.15, -0.1) is 0 Å². The van der Waals surface area contributed by atoms with Crippen LogP contribution in [0.5, 0.6) is 0 Å². The van der Waals surface area contributed by atoms with Crippen LogP contribution in [-0.2, 0) is 6.54 Å². The quantitative estimate of drug-likeness (QED) is 0.716. The molecule has 0 aromatic heterocycles. The second-order valence-electron chi connectivity index (χ2n) is 7.83. The summed E-state index contributed by atoms with van der Waals surface area (Å²) in [6.07, 6.45) is 4.46. The molecule has 2 heterocycles. The highest BCUT2D eigenvalue weighted by Crippen LogP contribution is 2.63. The van der Waals surface area contributed by atoms with Crippen LogP contribution in [0.4, 0.5) is 0 Å². The summed E-state index contributed by atoms with van der Waals surface area (Å²) >= 11 is 0. The van der Waals surface area contributed by atoms with Gasteiger partial charge in [0.1, 0.15) is 12.1 Å². The lowest BCUT2D eigenvalue weighted by atomic mass is 9.73. The first-order chi connectivity index (χ1) is 10.2. The number of rotatable bonds is 2. The molecule has 4 atom stereocenters. The van der Waals surface area contributed by atoms with E-state index < -0.39 is 0 Å². The molecule has 1 saturated carbocycles. The summed E-state index contributed by atoms with van der Waals surface area (Å²) in [5, 5.41) is 2.87. The van der Waals surface area contributed by atoms with E-state index in [2.05, 4.69) is 49.4 Å². The van der Waals surface area contributed by atoms with Gasteiger partial charge in [0.2, 0.25) is 0 Å². The Labute approximate surface area is 127 Å². The molecule has 2 aliphatic heterocycles. The Hall–Kier alpha value is -1.34. The van der Waals surface area contributed by atoms with Crippen molar-refractivity contribution in [1.29, 1.82) is 0 Å². The van der Waals surface area contributed by atoms with Crippen molar-refractivity contribution < 1.29 is 4.48 Å². The van der Waals surface area contributed by atoms with E-state index in [-0.39, 0.29) is 0 Å². The summed E-state index contributed by atoms with van der Waals surface area (Å²) < 4.78 is 1.39. The molecule has 1 aliphatic carbocycles. The topological polar surface area (TPSA) is 0 Å². The van der Waals surface area contributed by atoms with Crippen LogP contribution in [0.25, 0.3) is 10.8 Å².